The zero-order valence-electron chi connectivity index (χ0n) is 83.5. The van der Waals surface area contributed by atoms with Gasteiger partial charge in [-0.3, -0.25) is 33.6 Å². The molecule has 3 aliphatic rings. The summed E-state index contributed by atoms with van der Waals surface area (Å²) in [5, 5.41) is 34.4. The number of ketones is 7. The van der Waals surface area contributed by atoms with Crippen LogP contribution in [0.15, 0.2) is 66.8 Å². The number of alkyl carbamates (subject to hydrolysis) is 10. The number of hydrogen-bond acceptors (Lipinski definition) is 31. The van der Waals surface area contributed by atoms with Crippen LogP contribution in [0.1, 0.15) is 207 Å². The fourth-order valence-electron chi connectivity index (χ4n) is 12.0. The highest BCUT2D eigenvalue weighted by Gasteiger charge is 2.35. The lowest BCUT2D eigenvalue weighted by Gasteiger charge is -2.28. The Morgan fingerprint density at radius 2 is 0.697 bits per heavy atom. The van der Waals surface area contributed by atoms with E-state index in [9.17, 15) is 81.5 Å². The Morgan fingerprint density at radius 1 is 0.371 bits per heavy atom. The van der Waals surface area contributed by atoms with Crippen LogP contribution in [0, 0.1) is 35.5 Å². The zero-order valence-corrected chi connectivity index (χ0v) is 83.5. The number of methoxy groups -OCH3 is 12. The third-order valence-electron chi connectivity index (χ3n) is 19.7. The van der Waals surface area contributed by atoms with Gasteiger partial charge in [-0.15, -0.1) is 0 Å². The number of aliphatic hydroxyl groups excluding tert-OH is 1. The minimum Gasteiger partial charge on any atom is -0.453 e. The molecule has 0 bridgehead atoms. The van der Waals surface area contributed by atoms with Crippen molar-refractivity contribution >= 4 is 101 Å². The van der Waals surface area contributed by atoms with Crippen molar-refractivity contribution in [2.24, 2.45) is 35.5 Å². The molecule has 1 saturated heterocycles. The lowest BCUT2D eigenvalue weighted by molar-refractivity contribution is -0.121. The first-order chi connectivity index (χ1) is 61.7. The van der Waals surface area contributed by atoms with Gasteiger partial charge in [-0.1, -0.05) is 128 Å². The van der Waals surface area contributed by atoms with E-state index >= 15 is 0 Å². The molecule has 41 heteroatoms. The fourth-order valence-corrected chi connectivity index (χ4v) is 12.0. The Kier molecular flexibility index (Phi) is 76.9. The molecule has 13 atom stereocenters. The van der Waals surface area contributed by atoms with Gasteiger partial charge in [0.25, 0.3) is 0 Å². The summed E-state index contributed by atoms with van der Waals surface area (Å²) in [5.74, 6) is 1.23. The van der Waals surface area contributed by atoms with Crippen molar-refractivity contribution in [3.05, 3.63) is 72.4 Å². The van der Waals surface area contributed by atoms with Gasteiger partial charge in [0.1, 0.15) is 12.1 Å². The number of hydrogen-bond donors (Lipinski definition) is 11. The highest BCUT2D eigenvalue weighted by molar-refractivity contribution is 5.89. The molecule has 13 unspecified atom stereocenters. The van der Waals surface area contributed by atoms with Crippen molar-refractivity contribution in [3.8, 4) is 0 Å². The number of carbonyl (C=O) groups excluding carboxylic acids is 17. The number of rotatable bonds is 35. The van der Waals surface area contributed by atoms with Gasteiger partial charge in [-0.25, -0.2) is 47.9 Å². The van der Waals surface area contributed by atoms with Crippen molar-refractivity contribution in [3.63, 3.8) is 0 Å². The van der Waals surface area contributed by atoms with E-state index < -0.39 is 97.2 Å². The molecule has 4 rings (SSSR count). The van der Waals surface area contributed by atoms with Crippen LogP contribution in [0.2, 0.25) is 0 Å². The van der Waals surface area contributed by atoms with Crippen molar-refractivity contribution in [2.75, 3.05) is 105 Å². The number of nitrogens with one attached hydrogen (secondary N) is 10. The van der Waals surface area contributed by atoms with Gasteiger partial charge in [0, 0.05) is 34.0 Å². The third kappa shape index (κ3) is 65.3. The molecule has 3 fully saturated rings. The van der Waals surface area contributed by atoms with Crippen LogP contribution in [-0.4, -0.2) is 278 Å². The van der Waals surface area contributed by atoms with E-state index in [0.717, 1.165) is 67.2 Å². The second-order valence-electron chi connectivity index (χ2n) is 31.5. The molecular weight excluding hydrogens is 1730 g/mol. The highest BCUT2D eigenvalue weighted by Crippen LogP contribution is 2.35. The molecule has 11 N–H and O–H groups in total. The summed E-state index contributed by atoms with van der Waals surface area (Å²) in [6, 6.07) is 5.21. The van der Waals surface area contributed by atoms with Gasteiger partial charge >= 0.3 is 60.9 Å². The minimum absolute atomic E-state index is 0.00236. The van der Waals surface area contributed by atoms with Gasteiger partial charge in [0.2, 0.25) is 0 Å². The SMILES string of the molecule is C=C(C)C(NC(=O)OC)C(C)C.C=C(C)C(NC(=O)OC)C(C)OC.C=C(C)C(NC(=O)OC)C1CC1.CCC(C)C(NC(=O)OC)C(C)=O.COC(=O)NC(C(C)=O)C(C)O.COC(=O)NC(C(C)=O)C1CCCC1.COC(=O)NC(C(C)=O)C1CCOCC1.COC(=O)NC(C(C)=O)c1ccccc1.COC(=O)NC(CC(C)C)C(C)=O.COCCC(NC(=O)OC)C(C)=O. The van der Waals surface area contributed by atoms with E-state index in [0.29, 0.717) is 56.3 Å². The minimum atomic E-state index is -0.915. The van der Waals surface area contributed by atoms with Crippen LogP contribution in [0.3, 0.4) is 0 Å². The lowest BCUT2D eigenvalue weighted by Crippen LogP contribution is -2.46. The molecule has 1 aliphatic heterocycles. The predicted octanol–water partition coefficient (Wildman–Crippen LogP) is 11.6. The summed E-state index contributed by atoms with van der Waals surface area (Å²) in [5.41, 5.74) is 3.52. The molecular formula is C91H158N10O31. The standard InChI is InChI=1S/C11H13NO3.C10H17NO4.C10H17NO3.3C9H17NO3.C9H15NO2.C9H17NO2.C8H15NO4.C7H13NO4/c1-8(13)10(12-11(14)15-2)9-6-4-3-5-7-9;1-7(12)9(11-10(13)14-2)8-3-5-15-6-4-8;1-7(12)9(11-10(13)14-2)8-5-3-4-6-8;1-6(2)8(7(3)12-4)10-9(11)13-5;1-6(2)5-8(7(3)11)10-9(12)13-4;1-5-6(2)8(7(3)11)10-9(12)13-4;1-6(2)8(7-4-5-7)10-9(11)12-3;1-6(2)8(7(3)4)10-9(11)12-5;1-6(10)7(4-5-12-2)9-8(11)13-3;1-4(9)6(5(2)10)8-7(11)12-3/h3-7,10H,1-2H3,(H,12,14);8-9H,3-6H2,1-2H3,(H,11,13);8-9H,3-6H2,1-2H3,(H,11,13);7-8H,1H2,2-5H3,(H,10,11);2*6,8H,5H2,1-4H3,(H,10,12);7-8H,1,4-5H2,2-3H3,(H,10,11);7-8H,1H2,2-5H3,(H,10,11);7H,4-5H2,1-3H3,(H,9,11);4,6,9H,1-3H3,(H,8,11). The number of amides is 10. The van der Waals surface area contributed by atoms with E-state index in [1.807, 2.05) is 87.4 Å². The largest absolute Gasteiger partial charge is 0.453 e. The topological polar surface area (TPSA) is 551 Å². The van der Waals surface area contributed by atoms with Crippen molar-refractivity contribution in [2.45, 2.75) is 268 Å². The van der Waals surface area contributed by atoms with E-state index in [2.05, 4.69) is 120 Å². The van der Waals surface area contributed by atoms with Crippen LogP contribution in [-0.2, 0) is 95.1 Å². The molecule has 2 aliphatic carbocycles. The highest BCUT2D eigenvalue weighted by atomic mass is 16.6. The Labute approximate surface area is 780 Å². The van der Waals surface area contributed by atoms with Crippen LogP contribution < -0.4 is 53.2 Å². The Bertz CT molecular complexity index is 3490. The van der Waals surface area contributed by atoms with Gasteiger partial charge in [0.15, 0.2) is 40.5 Å². The van der Waals surface area contributed by atoms with E-state index in [4.69, 9.17) is 19.3 Å². The summed E-state index contributed by atoms with van der Waals surface area (Å²) < 4.78 is 59.5. The number of carbonyl (C=O) groups is 17. The average Bonchev–Trinajstić information content (AvgIpc) is 1.71. The molecule has 2 saturated carbocycles. The molecule has 10 amide bonds. The molecule has 41 nitrogen and oxygen atoms in total. The number of ether oxygens (including phenoxy) is 13. The first kappa shape index (κ1) is 131. The molecule has 1 aromatic rings. The first-order valence-electron chi connectivity index (χ1n) is 43.0. The maximum Gasteiger partial charge on any atom is 0.407 e. The molecule has 1 aromatic carbocycles. The summed E-state index contributed by atoms with van der Waals surface area (Å²) >= 11 is 0. The number of Topliss-reactive ketones (excluding diaryl/α,β-unsaturated/α-hetero) is 7. The molecule has 758 valence electrons. The molecule has 132 heavy (non-hydrogen) atoms. The molecule has 0 aromatic heterocycles. The maximum atomic E-state index is 11.4. The lowest BCUT2D eigenvalue weighted by atomic mass is 9.89. The second kappa shape index (κ2) is 77.3. The normalized spacial score (nSPS) is 14.9. The molecule has 0 radical (unpaired) electrons. The van der Waals surface area contributed by atoms with Gasteiger partial charge in [0.05, 0.1) is 132 Å². The van der Waals surface area contributed by atoms with Crippen molar-refractivity contribution in [1.82, 2.24) is 53.2 Å². The van der Waals surface area contributed by atoms with Gasteiger partial charge in [-0.2, -0.15) is 0 Å². The van der Waals surface area contributed by atoms with Gasteiger partial charge in [-0.05, 0) is 176 Å². The van der Waals surface area contributed by atoms with Crippen LogP contribution in [0.5, 0.6) is 0 Å². The first-order valence-corrected chi connectivity index (χ1v) is 43.0. The summed E-state index contributed by atoms with van der Waals surface area (Å²) in [6.45, 7) is 44.0. The van der Waals surface area contributed by atoms with E-state index in [1.165, 1.54) is 146 Å². The monoisotopic (exact) mass is 1890 g/mol. The Hall–Kier alpha value is -11.3. The van der Waals surface area contributed by atoms with Crippen LogP contribution >= 0.6 is 0 Å². The Balaban J connectivity index is -0.000000334. The van der Waals surface area contributed by atoms with E-state index in [1.54, 1.807) is 19.2 Å². The summed E-state index contributed by atoms with van der Waals surface area (Å²) in [4.78, 5) is 187. The summed E-state index contributed by atoms with van der Waals surface area (Å²) in [6.07, 6.45) is 3.86. The van der Waals surface area contributed by atoms with Crippen molar-refractivity contribution < 1.29 is 148 Å². The second-order valence-corrected chi connectivity index (χ2v) is 31.5. The smallest absolute Gasteiger partial charge is 0.407 e. The molecule has 1 heterocycles. The maximum absolute atomic E-state index is 11.4. The van der Waals surface area contributed by atoms with Gasteiger partial charge < -0.3 is 120 Å². The Morgan fingerprint density at radius 3 is 0.992 bits per heavy atom. The fraction of sp³-hybridized carbons (Fsp3) is 0.681. The quantitative estimate of drug-likeness (QED) is 0.0222. The number of benzene rings is 1. The van der Waals surface area contributed by atoms with Crippen molar-refractivity contribution in [1.29, 1.82) is 0 Å². The van der Waals surface area contributed by atoms with Crippen LogP contribution in [0.4, 0.5) is 47.9 Å². The number of aliphatic hydroxyl groups is 1. The zero-order chi connectivity index (χ0) is 103. The molecule has 0 spiro atoms. The average molecular weight is 1890 g/mol. The van der Waals surface area contributed by atoms with E-state index in [-0.39, 0.29) is 88.7 Å². The predicted molar refractivity (Wildman–Crippen MR) is 495 cm³/mol. The summed E-state index contributed by atoms with van der Waals surface area (Å²) in [7, 11) is 16.0. The third-order valence-corrected chi connectivity index (χ3v) is 19.7. The van der Waals surface area contributed by atoms with Crippen LogP contribution in [0.25, 0.3) is 0 Å².